The van der Waals surface area contributed by atoms with E-state index in [0.717, 1.165) is 25.7 Å². The van der Waals surface area contributed by atoms with Crippen molar-refractivity contribution in [3.8, 4) is 0 Å². The van der Waals surface area contributed by atoms with Gasteiger partial charge in [-0.25, -0.2) is 0 Å². The summed E-state index contributed by atoms with van der Waals surface area (Å²) in [5.41, 5.74) is -0.0246. The molecule has 0 aromatic carbocycles. The molecule has 3 fully saturated rings. The van der Waals surface area contributed by atoms with Crippen molar-refractivity contribution >= 4 is 23.6 Å². The van der Waals surface area contributed by atoms with E-state index in [-0.39, 0.29) is 46.7 Å². The highest BCUT2D eigenvalue weighted by Crippen LogP contribution is 2.41. The minimum Gasteiger partial charge on any atom is -0.296 e. The number of rotatable bonds is 12. The van der Waals surface area contributed by atoms with Crippen LogP contribution in [0, 0.1) is 5.92 Å². The highest BCUT2D eigenvalue weighted by atomic mass is 16.2. The first-order valence-corrected chi connectivity index (χ1v) is 14.8. The topological polar surface area (TPSA) is 86.8 Å². The molecule has 1 N–H and O–H groups in total. The monoisotopic (exact) mass is 519 g/mol. The van der Waals surface area contributed by atoms with E-state index in [2.05, 4.69) is 51.9 Å². The second-order valence-corrected chi connectivity index (χ2v) is 12.7. The van der Waals surface area contributed by atoms with Crippen LogP contribution in [0.1, 0.15) is 137 Å². The van der Waals surface area contributed by atoms with Crippen LogP contribution in [0.5, 0.6) is 0 Å². The Labute approximate surface area is 225 Å². The van der Waals surface area contributed by atoms with Gasteiger partial charge in [-0.3, -0.25) is 34.3 Å². The highest BCUT2D eigenvalue weighted by Gasteiger charge is 2.50. The first kappa shape index (κ1) is 31.5. The molecule has 7 nitrogen and oxygen atoms in total. The van der Waals surface area contributed by atoms with Crippen LogP contribution in [-0.2, 0) is 19.2 Å². The first-order valence-electron chi connectivity index (χ1n) is 14.8. The van der Waals surface area contributed by atoms with Gasteiger partial charge in [0, 0.05) is 42.3 Å². The predicted octanol–water partition coefficient (Wildman–Crippen LogP) is 5.75. The van der Waals surface area contributed by atoms with Gasteiger partial charge in [0.05, 0.1) is 0 Å². The van der Waals surface area contributed by atoms with Gasteiger partial charge in [0.2, 0.25) is 23.6 Å². The van der Waals surface area contributed by atoms with Gasteiger partial charge in [-0.1, -0.05) is 71.1 Å². The van der Waals surface area contributed by atoms with E-state index in [0.29, 0.717) is 19.3 Å². The number of nitrogens with one attached hydrogen (secondary N) is 1. The lowest BCUT2D eigenvalue weighted by Gasteiger charge is -2.54. The molecule has 3 aliphatic rings. The Balaban J connectivity index is 0.000000591. The Hall–Kier alpha value is -1.76. The fourth-order valence-electron chi connectivity index (χ4n) is 6.21. The van der Waals surface area contributed by atoms with Gasteiger partial charge in [-0.15, -0.1) is 0 Å². The zero-order valence-electron chi connectivity index (χ0n) is 24.5. The van der Waals surface area contributed by atoms with Crippen LogP contribution >= 0.6 is 0 Å². The van der Waals surface area contributed by atoms with Crippen LogP contribution < -0.4 is 5.32 Å². The van der Waals surface area contributed by atoms with E-state index in [9.17, 15) is 19.2 Å². The Morgan fingerprint density at radius 1 is 0.757 bits per heavy atom. The summed E-state index contributed by atoms with van der Waals surface area (Å²) >= 11 is 0. The van der Waals surface area contributed by atoms with Crippen molar-refractivity contribution in [3.05, 3.63) is 0 Å². The van der Waals surface area contributed by atoms with Crippen LogP contribution in [0.15, 0.2) is 0 Å². The lowest BCUT2D eigenvalue weighted by molar-refractivity contribution is -0.147. The molecule has 0 aromatic rings. The van der Waals surface area contributed by atoms with Crippen molar-refractivity contribution in [2.24, 2.45) is 5.92 Å². The largest absolute Gasteiger partial charge is 0.296 e. The number of unbranched alkanes of at least 4 members (excludes halogenated alkanes) is 9. The Bertz CT molecular complexity index is 760. The average Bonchev–Trinajstić information content (AvgIpc) is 3.33. The van der Waals surface area contributed by atoms with Crippen LogP contribution in [0.2, 0.25) is 0 Å². The van der Waals surface area contributed by atoms with Crippen molar-refractivity contribution in [3.63, 3.8) is 0 Å². The molecular formula is C30H53N3O4. The van der Waals surface area contributed by atoms with E-state index < -0.39 is 0 Å². The number of piperidine rings is 1. The SMILES string of the molecule is CCCCCCCCCCCCC1CC(=O)N(C2CC(C)(C)N(C)C(C)(C)C2)C1=O.O=C1CCC(=O)N1. The number of nitrogens with zero attached hydrogens (tertiary/aromatic N) is 2. The third-order valence-electron chi connectivity index (χ3n) is 8.69. The maximum atomic E-state index is 13.1. The summed E-state index contributed by atoms with van der Waals surface area (Å²) in [5, 5.41) is 2.14. The van der Waals surface area contributed by atoms with E-state index in [1.54, 1.807) is 4.90 Å². The Morgan fingerprint density at radius 2 is 1.22 bits per heavy atom. The predicted molar refractivity (Wildman–Crippen MR) is 148 cm³/mol. The molecule has 3 rings (SSSR count). The van der Waals surface area contributed by atoms with Gasteiger partial charge in [-0.05, 0) is 54.0 Å². The molecule has 3 heterocycles. The Morgan fingerprint density at radius 3 is 1.65 bits per heavy atom. The van der Waals surface area contributed by atoms with Crippen molar-refractivity contribution in [1.82, 2.24) is 15.1 Å². The van der Waals surface area contributed by atoms with Crippen molar-refractivity contribution in [2.45, 2.75) is 154 Å². The molecule has 0 radical (unpaired) electrons. The van der Waals surface area contributed by atoms with Gasteiger partial charge in [-0.2, -0.15) is 0 Å². The minimum absolute atomic E-state index is 0.0123. The summed E-state index contributed by atoms with van der Waals surface area (Å²) in [5.74, 6) is -0.192. The van der Waals surface area contributed by atoms with Gasteiger partial charge < -0.3 is 0 Å². The molecule has 0 aliphatic carbocycles. The number of likely N-dealkylation sites (tertiary alicyclic amines) is 2. The summed E-state index contributed by atoms with van der Waals surface area (Å²) in [4.78, 5) is 50.2. The fraction of sp³-hybridized carbons (Fsp3) is 0.867. The molecule has 0 bridgehead atoms. The van der Waals surface area contributed by atoms with Gasteiger partial charge >= 0.3 is 0 Å². The number of imide groups is 2. The second-order valence-electron chi connectivity index (χ2n) is 12.7. The highest BCUT2D eigenvalue weighted by molar-refractivity contribution is 6.04. The number of hydrogen-bond acceptors (Lipinski definition) is 5. The maximum Gasteiger partial charge on any atom is 0.233 e. The van der Waals surface area contributed by atoms with Crippen LogP contribution in [0.3, 0.4) is 0 Å². The third-order valence-corrected chi connectivity index (χ3v) is 8.69. The molecule has 37 heavy (non-hydrogen) atoms. The summed E-state index contributed by atoms with van der Waals surface area (Å²) in [6, 6.07) is 0.0453. The molecule has 3 aliphatic heterocycles. The van der Waals surface area contributed by atoms with Crippen LogP contribution in [-0.4, -0.2) is 57.6 Å². The molecule has 0 aromatic heterocycles. The smallest absolute Gasteiger partial charge is 0.233 e. The Kier molecular flexibility index (Phi) is 12.3. The van der Waals surface area contributed by atoms with Crippen LogP contribution in [0.25, 0.3) is 0 Å². The molecule has 3 saturated heterocycles. The first-order chi connectivity index (χ1) is 17.4. The van der Waals surface area contributed by atoms with Crippen LogP contribution in [0.4, 0.5) is 0 Å². The lowest BCUT2D eigenvalue weighted by Crippen LogP contribution is -2.63. The average molecular weight is 520 g/mol. The minimum atomic E-state index is -0.148. The van der Waals surface area contributed by atoms with Gasteiger partial charge in [0.15, 0.2) is 0 Å². The normalized spacial score (nSPS) is 23.8. The summed E-state index contributed by atoms with van der Waals surface area (Å²) < 4.78 is 0. The van der Waals surface area contributed by atoms with E-state index in [1.807, 2.05) is 0 Å². The molecular weight excluding hydrogens is 466 g/mol. The van der Waals surface area contributed by atoms with E-state index >= 15 is 0 Å². The molecule has 4 amide bonds. The molecule has 7 heteroatoms. The summed E-state index contributed by atoms with van der Waals surface area (Å²) in [6.45, 7) is 11.2. The summed E-state index contributed by atoms with van der Waals surface area (Å²) in [6.07, 6.45) is 16.8. The van der Waals surface area contributed by atoms with E-state index in [1.165, 1.54) is 57.8 Å². The molecule has 212 valence electrons. The number of amides is 4. The fourth-order valence-corrected chi connectivity index (χ4v) is 6.21. The standard InChI is InChI=1S/C26H48N2O2.C4H5NO2/c1-7-8-9-10-11-12-13-14-15-16-17-21-18-23(29)28(24(21)30)22-19-25(2,3)27(6)26(4,5)20-22;6-3-1-2-4(7)5-3/h21-22H,7-20H2,1-6H3;1-2H2,(H,5,6,7). The van der Waals surface area contributed by atoms with Crippen molar-refractivity contribution in [1.29, 1.82) is 0 Å². The maximum absolute atomic E-state index is 13.1. The third kappa shape index (κ3) is 9.49. The summed E-state index contributed by atoms with van der Waals surface area (Å²) in [7, 11) is 2.16. The van der Waals surface area contributed by atoms with Crippen molar-refractivity contribution < 1.29 is 19.2 Å². The zero-order chi connectivity index (χ0) is 27.6. The van der Waals surface area contributed by atoms with Gasteiger partial charge in [0.1, 0.15) is 0 Å². The zero-order valence-corrected chi connectivity index (χ0v) is 24.5. The number of hydrogen-bond donors (Lipinski definition) is 1. The number of carbonyl (C=O) groups excluding carboxylic acids is 4. The van der Waals surface area contributed by atoms with E-state index in [4.69, 9.17) is 0 Å². The quantitative estimate of drug-likeness (QED) is 0.262. The molecule has 0 saturated carbocycles. The second kappa shape index (κ2) is 14.4. The lowest BCUT2D eigenvalue weighted by atomic mass is 9.77. The molecule has 1 atom stereocenters. The molecule has 0 spiro atoms. The van der Waals surface area contributed by atoms with Gasteiger partial charge in [0.25, 0.3) is 0 Å². The number of carbonyl (C=O) groups is 4. The van der Waals surface area contributed by atoms with Crippen molar-refractivity contribution in [2.75, 3.05) is 7.05 Å². The molecule has 1 unspecified atom stereocenters.